The quantitative estimate of drug-likeness (QED) is 0.508. The predicted octanol–water partition coefficient (Wildman–Crippen LogP) is 1.82. The van der Waals surface area contributed by atoms with Gasteiger partial charge in [0.25, 0.3) is 0 Å². The second-order valence-corrected chi connectivity index (χ2v) is 4.53. The Bertz CT molecular complexity index is 146. The van der Waals surface area contributed by atoms with Crippen LogP contribution in [0.2, 0.25) is 0 Å². The standard InChI is InChI=1S/C11H24N2O/c1-9(14-2)7-11(13-12)8-10-5-3-4-6-10/h9-11,13H,3-8,12H2,1-2H3. The molecule has 0 aliphatic heterocycles. The van der Waals surface area contributed by atoms with Gasteiger partial charge < -0.3 is 4.74 Å². The fourth-order valence-electron chi connectivity index (χ4n) is 2.38. The molecule has 3 heteroatoms. The van der Waals surface area contributed by atoms with Crippen LogP contribution in [0.4, 0.5) is 0 Å². The first kappa shape index (κ1) is 12.0. The maximum Gasteiger partial charge on any atom is 0.0558 e. The van der Waals surface area contributed by atoms with Gasteiger partial charge in [0.2, 0.25) is 0 Å². The summed E-state index contributed by atoms with van der Waals surface area (Å²) in [7, 11) is 1.76. The van der Waals surface area contributed by atoms with E-state index in [4.69, 9.17) is 10.6 Å². The SMILES string of the molecule is COC(C)CC(CC1CCCC1)NN. The highest BCUT2D eigenvalue weighted by molar-refractivity contribution is 4.75. The molecule has 3 N–H and O–H groups in total. The summed E-state index contributed by atoms with van der Waals surface area (Å²) in [5, 5.41) is 0. The van der Waals surface area contributed by atoms with Gasteiger partial charge in [-0.25, -0.2) is 0 Å². The lowest BCUT2D eigenvalue weighted by molar-refractivity contribution is 0.0970. The van der Waals surface area contributed by atoms with E-state index in [1.54, 1.807) is 7.11 Å². The first-order chi connectivity index (χ1) is 6.76. The minimum Gasteiger partial charge on any atom is -0.382 e. The summed E-state index contributed by atoms with van der Waals surface area (Å²) < 4.78 is 5.25. The van der Waals surface area contributed by atoms with E-state index in [-0.39, 0.29) is 0 Å². The molecular weight excluding hydrogens is 176 g/mol. The molecule has 1 aliphatic rings. The zero-order valence-corrected chi connectivity index (χ0v) is 9.46. The van der Waals surface area contributed by atoms with Crippen LogP contribution in [0.1, 0.15) is 45.4 Å². The zero-order valence-electron chi connectivity index (χ0n) is 9.46. The number of hydrazine groups is 1. The van der Waals surface area contributed by atoms with Crippen molar-refractivity contribution < 1.29 is 4.74 Å². The van der Waals surface area contributed by atoms with Crippen molar-refractivity contribution in [2.45, 2.75) is 57.6 Å². The molecule has 0 spiro atoms. The Morgan fingerprint density at radius 1 is 1.43 bits per heavy atom. The average Bonchev–Trinajstić information content (AvgIpc) is 2.69. The highest BCUT2D eigenvalue weighted by atomic mass is 16.5. The lowest BCUT2D eigenvalue weighted by Gasteiger charge is -2.22. The summed E-state index contributed by atoms with van der Waals surface area (Å²) in [6, 6.07) is 0.424. The van der Waals surface area contributed by atoms with Crippen LogP contribution in [0, 0.1) is 5.92 Å². The van der Waals surface area contributed by atoms with Crippen LogP contribution in [-0.4, -0.2) is 19.3 Å². The van der Waals surface area contributed by atoms with Crippen molar-refractivity contribution in [2.75, 3.05) is 7.11 Å². The molecule has 3 nitrogen and oxygen atoms in total. The van der Waals surface area contributed by atoms with E-state index in [1.165, 1.54) is 32.1 Å². The third kappa shape index (κ3) is 3.95. The van der Waals surface area contributed by atoms with Crippen molar-refractivity contribution in [3.05, 3.63) is 0 Å². The van der Waals surface area contributed by atoms with Crippen molar-refractivity contribution in [1.82, 2.24) is 5.43 Å². The largest absolute Gasteiger partial charge is 0.382 e. The van der Waals surface area contributed by atoms with E-state index in [9.17, 15) is 0 Å². The van der Waals surface area contributed by atoms with Gasteiger partial charge in [0, 0.05) is 13.2 Å². The van der Waals surface area contributed by atoms with Gasteiger partial charge in [-0.1, -0.05) is 25.7 Å². The van der Waals surface area contributed by atoms with Gasteiger partial charge in [0.05, 0.1) is 6.10 Å². The third-order valence-corrected chi connectivity index (χ3v) is 3.35. The molecule has 84 valence electrons. The molecule has 0 aromatic carbocycles. The number of hydrogen-bond acceptors (Lipinski definition) is 3. The Hall–Kier alpha value is -0.120. The topological polar surface area (TPSA) is 47.3 Å². The zero-order chi connectivity index (χ0) is 10.4. The van der Waals surface area contributed by atoms with Gasteiger partial charge >= 0.3 is 0 Å². The van der Waals surface area contributed by atoms with E-state index in [2.05, 4.69) is 12.3 Å². The molecule has 1 saturated carbocycles. The minimum absolute atomic E-state index is 0.303. The molecule has 0 heterocycles. The average molecular weight is 200 g/mol. The van der Waals surface area contributed by atoms with Gasteiger partial charge in [0.15, 0.2) is 0 Å². The number of hydrogen-bond donors (Lipinski definition) is 2. The van der Waals surface area contributed by atoms with Crippen LogP contribution in [0.25, 0.3) is 0 Å². The molecule has 2 atom stereocenters. The highest BCUT2D eigenvalue weighted by Crippen LogP contribution is 2.29. The van der Waals surface area contributed by atoms with Gasteiger partial charge in [-0.15, -0.1) is 0 Å². The molecule has 0 aromatic rings. The second-order valence-electron chi connectivity index (χ2n) is 4.53. The predicted molar refractivity (Wildman–Crippen MR) is 58.8 cm³/mol. The van der Waals surface area contributed by atoms with Gasteiger partial charge in [-0.2, -0.15) is 0 Å². The normalized spacial score (nSPS) is 22.5. The molecule has 1 rings (SSSR count). The van der Waals surface area contributed by atoms with Crippen molar-refractivity contribution in [3.63, 3.8) is 0 Å². The van der Waals surface area contributed by atoms with Crippen LogP contribution in [0.15, 0.2) is 0 Å². The summed E-state index contributed by atoms with van der Waals surface area (Å²) in [6.07, 6.45) is 8.12. The molecule has 0 bridgehead atoms. The molecule has 2 unspecified atom stereocenters. The molecule has 1 fully saturated rings. The summed E-state index contributed by atoms with van der Waals surface area (Å²) >= 11 is 0. The smallest absolute Gasteiger partial charge is 0.0558 e. The first-order valence-electron chi connectivity index (χ1n) is 5.75. The van der Waals surface area contributed by atoms with Crippen LogP contribution in [0.3, 0.4) is 0 Å². The molecule has 0 amide bonds. The number of ether oxygens (including phenoxy) is 1. The molecule has 0 radical (unpaired) electrons. The van der Waals surface area contributed by atoms with E-state index < -0.39 is 0 Å². The maximum absolute atomic E-state index is 5.55. The van der Waals surface area contributed by atoms with E-state index >= 15 is 0 Å². The highest BCUT2D eigenvalue weighted by Gasteiger charge is 2.20. The number of rotatable bonds is 6. The van der Waals surface area contributed by atoms with Crippen molar-refractivity contribution in [1.29, 1.82) is 0 Å². The van der Waals surface area contributed by atoms with Crippen LogP contribution in [0.5, 0.6) is 0 Å². The lowest BCUT2D eigenvalue weighted by atomic mass is 9.95. The van der Waals surface area contributed by atoms with Crippen LogP contribution in [-0.2, 0) is 4.74 Å². The van der Waals surface area contributed by atoms with E-state index in [0.717, 1.165) is 12.3 Å². The molecule has 14 heavy (non-hydrogen) atoms. The first-order valence-corrected chi connectivity index (χ1v) is 5.75. The molecule has 1 aliphatic carbocycles. The van der Waals surface area contributed by atoms with E-state index in [0.29, 0.717) is 12.1 Å². The van der Waals surface area contributed by atoms with Gasteiger partial charge in [0.1, 0.15) is 0 Å². The third-order valence-electron chi connectivity index (χ3n) is 3.35. The van der Waals surface area contributed by atoms with Crippen molar-refractivity contribution in [3.8, 4) is 0 Å². The summed E-state index contributed by atoms with van der Waals surface area (Å²) in [5.74, 6) is 6.44. The lowest BCUT2D eigenvalue weighted by Crippen LogP contribution is -2.38. The van der Waals surface area contributed by atoms with Crippen molar-refractivity contribution in [2.24, 2.45) is 11.8 Å². The number of nitrogens with one attached hydrogen (secondary N) is 1. The molecular formula is C11H24N2O. The Morgan fingerprint density at radius 2 is 2.07 bits per heavy atom. The fourth-order valence-corrected chi connectivity index (χ4v) is 2.38. The molecule has 0 saturated heterocycles. The maximum atomic E-state index is 5.55. The Labute approximate surface area is 87.4 Å². The Balaban J connectivity index is 2.22. The van der Waals surface area contributed by atoms with Crippen molar-refractivity contribution >= 4 is 0 Å². The van der Waals surface area contributed by atoms with Gasteiger partial charge in [-0.3, -0.25) is 11.3 Å². The van der Waals surface area contributed by atoms with Gasteiger partial charge in [-0.05, 0) is 25.7 Å². The minimum atomic E-state index is 0.303. The fraction of sp³-hybridized carbons (Fsp3) is 1.00. The summed E-state index contributed by atoms with van der Waals surface area (Å²) in [6.45, 7) is 2.10. The summed E-state index contributed by atoms with van der Waals surface area (Å²) in [5.41, 5.74) is 2.91. The Kier molecular flexibility index (Phi) is 5.45. The van der Waals surface area contributed by atoms with Crippen LogP contribution < -0.4 is 11.3 Å². The number of nitrogens with two attached hydrogens (primary N) is 1. The van der Waals surface area contributed by atoms with Crippen LogP contribution >= 0.6 is 0 Å². The number of methoxy groups -OCH3 is 1. The van der Waals surface area contributed by atoms with E-state index in [1.807, 2.05) is 0 Å². The second kappa shape index (κ2) is 6.38. The monoisotopic (exact) mass is 200 g/mol. The summed E-state index contributed by atoms with van der Waals surface area (Å²) in [4.78, 5) is 0. The Morgan fingerprint density at radius 3 is 2.57 bits per heavy atom. The molecule has 0 aromatic heterocycles.